The van der Waals surface area contributed by atoms with E-state index >= 15 is 0 Å². The Bertz CT molecular complexity index is 1120. The zero-order valence-electron chi connectivity index (χ0n) is 17.7. The molecule has 0 saturated heterocycles. The second kappa shape index (κ2) is 10.1. The lowest BCUT2D eigenvalue weighted by molar-refractivity contribution is 0.0597. The summed E-state index contributed by atoms with van der Waals surface area (Å²) in [5.41, 5.74) is 2.18. The number of carbonyl (C=O) groups excluding carboxylic acids is 3. The van der Waals surface area contributed by atoms with Crippen molar-refractivity contribution >= 4 is 23.9 Å². The number of aryl methyl sites for hydroxylation is 2. The number of esters is 1. The largest absolute Gasteiger partial charge is 0.519 e. The van der Waals surface area contributed by atoms with Crippen LogP contribution in [0.1, 0.15) is 21.5 Å². The lowest BCUT2D eigenvalue weighted by Crippen LogP contribution is -2.18. The van der Waals surface area contributed by atoms with Crippen LogP contribution in [0, 0.1) is 13.8 Å². The minimum Gasteiger partial charge on any atom is -0.465 e. The number of hydrogen-bond donors (Lipinski definition) is 1. The Labute approximate surface area is 184 Å². The molecule has 0 heterocycles. The first-order valence-electron chi connectivity index (χ1n) is 9.58. The number of rotatable bonds is 5. The van der Waals surface area contributed by atoms with E-state index in [0.29, 0.717) is 5.75 Å². The first-order chi connectivity index (χ1) is 15.3. The summed E-state index contributed by atoms with van der Waals surface area (Å²) in [7, 11) is 1.18. The highest BCUT2D eigenvalue weighted by Gasteiger charge is 2.19. The van der Waals surface area contributed by atoms with Crippen LogP contribution in [0.2, 0.25) is 0 Å². The Balaban J connectivity index is 1.71. The molecule has 0 bridgehead atoms. The number of amides is 1. The van der Waals surface area contributed by atoms with Crippen LogP contribution in [0.3, 0.4) is 0 Å². The maximum atomic E-state index is 12.2. The van der Waals surface area contributed by atoms with E-state index in [1.54, 1.807) is 48.5 Å². The second-order valence-electron chi connectivity index (χ2n) is 6.80. The molecule has 1 amide bonds. The maximum Gasteiger partial charge on any atom is 0.519 e. The Morgan fingerprint density at radius 1 is 0.719 bits per heavy atom. The third-order valence-electron chi connectivity index (χ3n) is 4.28. The smallest absolute Gasteiger partial charge is 0.465 e. The van der Waals surface area contributed by atoms with Crippen molar-refractivity contribution in [2.45, 2.75) is 13.8 Å². The Kier molecular flexibility index (Phi) is 7.07. The number of carbonyl (C=O) groups is 3. The highest BCUT2D eigenvalue weighted by Crippen LogP contribution is 2.25. The standard InChI is InChI=1S/C24H21NO7/c1-15-4-9-18(10-5-15)30-23(27)25-17-8-13-21(20(14-17)22(26)29-3)32-24(28)31-19-11-6-16(2)7-12-19/h4-14H,1-3H3,(H,25,27). The van der Waals surface area contributed by atoms with Gasteiger partial charge >= 0.3 is 18.2 Å². The van der Waals surface area contributed by atoms with Crippen molar-refractivity contribution in [1.29, 1.82) is 0 Å². The Morgan fingerprint density at radius 2 is 1.28 bits per heavy atom. The monoisotopic (exact) mass is 435 g/mol. The molecule has 0 atom stereocenters. The second-order valence-corrected chi connectivity index (χ2v) is 6.80. The van der Waals surface area contributed by atoms with Gasteiger partial charge in [0, 0.05) is 5.69 Å². The van der Waals surface area contributed by atoms with Crippen molar-refractivity contribution in [3.05, 3.63) is 83.4 Å². The number of ether oxygens (including phenoxy) is 4. The van der Waals surface area contributed by atoms with Crippen LogP contribution < -0.4 is 19.5 Å². The summed E-state index contributed by atoms with van der Waals surface area (Å²) in [5.74, 6) is -0.206. The number of hydrogen-bond acceptors (Lipinski definition) is 7. The van der Waals surface area contributed by atoms with Gasteiger partial charge in [0.15, 0.2) is 0 Å². The van der Waals surface area contributed by atoms with Gasteiger partial charge in [-0.15, -0.1) is 0 Å². The van der Waals surface area contributed by atoms with E-state index in [2.05, 4.69) is 5.32 Å². The molecule has 3 aromatic carbocycles. The molecule has 1 N–H and O–H groups in total. The molecule has 0 fully saturated rings. The molecule has 0 radical (unpaired) electrons. The Hall–Kier alpha value is -4.33. The SMILES string of the molecule is COC(=O)c1cc(NC(=O)Oc2ccc(C)cc2)ccc1OC(=O)Oc1ccc(C)cc1. The third kappa shape index (κ3) is 6.09. The average Bonchev–Trinajstić information content (AvgIpc) is 2.77. The molecule has 32 heavy (non-hydrogen) atoms. The van der Waals surface area contributed by atoms with E-state index in [9.17, 15) is 14.4 Å². The maximum absolute atomic E-state index is 12.2. The van der Waals surface area contributed by atoms with Gasteiger partial charge in [0.2, 0.25) is 0 Å². The molecule has 8 heteroatoms. The summed E-state index contributed by atoms with van der Waals surface area (Å²) < 4.78 is 20.2. The van der Waals surface area contributed by atoms with Gasteiger partial charge in [-0.2, -0.15) is 0 Å². The van der Waals surface area contributed by atoms with E-state index in [4.69, 9.17) is 18.9 Å². The molecule has 0 saturated carbocycles. The van der Waals surface area contributed by atoms with Crippen molar-refractivity contribution in [2.75, 3.05) is 12.4 Å². The highest BCUT2D eigenvalue weighted by atomic mass is 16.7. The van der Waals surface area contributed by atoms with E-state index in [1.807, 2.05) is 13.8 Å². The molecule has 0 unspecified atom stereocenters. The molecule has 0 spiro atoms. The van der Waals surface area contributed by atoms with Gasteiger partial charge in [0.05, 0.1) is 7.11 Å². The number of anilines is 1. The van der Waals surface area contributed by atoms with Crippen LogP contribution >= 0.6 is 0 Å². The van der Waals surface area contributed by atoms with Crippen molar-refractivity contribution in [2.24, 2.45) is 0 Å². The molecule has 3 rings (SSSR count). The first-order valence-corrected chi connectivity index (χ1v) is 9.58. The minimum atomic E-state index is -1.03. The van der Waals surface area contributed by atoms with E-state index in [0.717, 1.165) is 11.1 Å². The molecule has 0 aromatic heterocycles. The van der Waals surface area contributed by atoms with Gasteiger partial charge in [-0.1, -0.05) is 35.4 Å². The topological polar surface area (TPSA) is 100 Å². The minimum absolute atomic E-state index is 0.0820. The van der Waals surface area contributed by atoms with Crippen LogP contribution in [0.4, 0.5) is 15.3 Å². The van der Waals surface area contributed by atoms with Crippen LogP contribution in [0.25, 0.3) is 0 Å². The third-order valence-corrected chi connectivity index (χ3v) is 4.28. The lowest BCUT2D eigenvalue weighted by atomic mass is 10.2. The quantitative estimate of drug-likeness (QED) is 0.430. The predicted molar refractivity (Wildman–Crippen MR) is 116 cm³/mol. The van der Waals surface area contributed by atoms with Crippen LogP contribution in [0.15, 0.2) is 66.7 Å². The molecule has 3 aromatic rings. The normalized spacial score (nSPS) is 10.1. The highest BCUT2D eigenvalue weighted by molar-refractivity contribution is 5.96. The van der Waals surface area contributed by atoms with E-state index < -0.39 is 18.2 Å². The zero-order valence-corrected chi connectivity index (χ0v) is 17.7. The number of benzene rings is 3. The summed E-state index contributed by atoms with van der Waals surface area (Å²) >= 11 is 0. The summed E-state index contributed by atoms with van der Waals surface area (Å²) in [6.45, 7) is 3.81. The van der Waals surface area contributed by atoms with Crippen molar-refractivity contribution in [3.63, 3.8) is 0 Å². The predicted octanol–water partition coefficient (Wildman–Crippen LogP) is 5.28. The number of nitrogens with one attached hydrogen (secondary N) is 1. The molecule has 164 valence electrons. The van der Waals surface area contributed by atoms with Gasteiger partial charge in [0.1, 0.15) is 22.8 Å². The molecular formula is C24H21NO7. The molecule has 0 aliphatic heterocycles. The zero-order chi connectivity index (χ0) is 23.1. The lowest BCUT2D eigenvalue weighted by Gasteiger charge is -2.12. The summed E-state index contributed by atoms with van der Waals surface area (Å²) in [6, 6.07) is 17.8. The van der Waals surface area contributed by atoms with Crippen molar-refractivity contribution in [3.8, 4) is 17.2 Å². The van der Waals surface area contributed by atoms with Gasteiger partial charge < -0.3 is 18.9 Å². The summed E-state index contributed by atoms with van der Waals surface area (Å²) in [4.78, 5) is 36.5. The van der Waals surface area contributed by atoms with E-state index in [1.165, 1.54) is 25.3 Å². The Morgan fingerprint density at radius 3 is 1.84 bits per heavy atom. The van der Waals surface area contributed by atoms with Crippen LogP contribution in [-0.2, 0) is 4.74 Å². The molecule has 0 aliphatic carbocycles. The fourth-order valence-electron chi connectivity index (χ4n) is 2.64. The molecular weight excluding hydrogens is 414 g/mol. The van der Waals surface area contributed by atoms with E-state index in [-0.39, 0.29) is 22.7 Å². The summed E-state index contributed by atoms with van der Waals surface area (Å²) in [5, 5.41) is 2.51. The summed E-state index contributed by atoms with van der Waals surface area (Å²) in [6.07, 6.45) is -1.78. The van der Waals surface area contributed by atoms with Crippen LogP contribution in [-0.4, -0.2) is 25.3 Å². The van der Waals surface area contributed by atoms with Gasteiger partial charge in [-0.25, -0.2) is 14.4 Å². The van der Waals surface area contributed by atoms with Gasteiger partial charge in [-0.05, 0) is 56.3 Å². The van der Waals surface area contributed by atoms with Crippen molar-refractivity contribution < 1.29 is 33.3 Å². The fourth-order valence-corrected chi connectivity index (χ4v) is 2.64. The first kappa shape index (κ1) is 22.4. The van der Waals surface area contributed by atoms with Gasteiger partial charge in [0.25, 0.3) is 0 Å². The van der Waals surface area contributed by atoms with Crippen LogP contribution in [0.5, 0.6) is 17.2 Å². The number of methoxy groups -OCH3 is 1. The van der Waals surface area contributed by atoms with Gasteiger partial charge in [-0.3, -0.25) is 5.32 Å². The molecule has 0 aliphatic rings. The van der Waals surface area contributed by atoms with Crippen molar-refractivity contribution in [1.82, 2.24) is 0 Å². The fraction of sp³-hybridized carbons (Fsp3) is 0.125. The average molecular weight is 435 g/mol. The molecule has 8 nitrogen and oxygen atoms in total.